The molecule has 0 aromatic carbocycles. The Labute approximate surface area is 159 Å². The maximum absolute atomic E-state index is 12.6. The zero-order chi connectivity index (χ0) is 19.0. The van der Waals surface area contributed by atoms with Crippen LogP contribution in [-0.2, 0) is 9.47 Å². The molecule has 2 heterocycles. The van der Waals surface area contributed by atoms with Crippen molar-refractivity contribution in [2.45, 2.75) is 52.7 Å². The highest BCUT2D eigenvalue weighted by molar-refractivity contribution is 14.1. The Hall–Kier alpha value is -1.91. The lowest BCUT2D eigenvalue weighted by molar-refractivity contribution is 0.0428. The minimum atomic E-state index is -0.919. The summed E-state index contributed by atoms with van der Waals surface area (Å²) < 4.78 is 16.6. The fourth-order valence-electron chi connectivity index (χ4n) is 1.81. The number of anilines is 1. The quantitative estimate of drug-likeness (QED) is 0.577. The van der Waals surface area contributed by atoms with Crippen molar-refractivity contribution in [3.63, 3.8) is 0 Å². The van der Waals surface area contributed by atoms with Crippen molar-refractivity contribution in [3.05, 3.63) is 15.8 Å². The molecule has 2 aromatic rings. The fourth-order valence-corrected chi connectivity index (χ4v) is 2.33. The third-order valence-electron chi connectivity index (χ3n) is 2.66. The smallest absolute Gasteiger partial charge is 0.425 e. The first-order valence-electron chi connectivity index (χ1n) is 7.55. The number of ether oxygens (including phenoxy) is 2. The summed E-state index contributed by atoms with van der Waals surface area (Å²) in [5, 5.41) is 3.84. The summed E-state index contributed by atoms with van der Waals surface area (Å²) in [5.74, 6) is -0.0722. The molecule has 0 aliphatic rings. The molecule has 8 nitrogen and oxygen atoms in total. The van der Waals surface area contributed by atoms with E-state index in [-0.39, 0.29) is 11.3 Å². The van der Waals surface area contributed by atoms with E-state index in [1.165, 1.54) is 6.20 Å². The molecule has 0 aliphatic carbocycles. The molecule has 0 spiro atoms. The third kappa shape index (κ3) is 4.80. The summed E-state index contributed by atoms with van der Waals surface area (Å²) in [6, 6.07) is 1.73. The van der Waals surface area contributed by atoms with Gasteiger partial charge in [0, 0.05) is 6.20 Å². The van der Waals surface area contributed by atoms with E-state index in [0.717, 1.165) is 3.57 Å². The number of aromatic nitrogens is 2. The first kappa shape index (κ1) is 19.4. The molecule has 2 rings (SSSR count). The van der Waals surface area contributed by atoms with Crippen molar-refractivity contribution in [1.82, 2.24) is 10.1 Å². The first-order valence-corrected chi connectivity index (χ1v) is 8.63. The second-order valence-corrected chi connectivity index (χ2v) is 8.43. The number of hydrogen-bond donors (Lipinski definition) is 0. The number of halogens is 1. The molecule has 0 bridgehead atoms. The predicted molar refractivity (Wildman–Crippen MR) is 99.5 cm³/mol. The van der Waals surface area contributed by atoms with E-state index in [4.69, 9.17) is 14.0 Å². The standard InChI is InChI=1S/C16H20IN3O5/c1-15(2,3)23-13(21)20(14(22)24-16(4,5)6)12-10-11(25-19-12)9(17)7-8-18-10/h7-8H,1-6H3. The molecule has 2 aromatic heterocycles. The average Bonchev–Trinajstić information content (AvgIpc) is 2.80. The molecule has 0 aliphatic heterocycles. The van der Waals surface area contributed by atoms with E-state index in [9.17, 15) is 9.59 Å². The van der Waals surface area contributed by atoms with Crippen LogP contribution in [0.1, 0.15) is 41.5 Å². The highest BCUT2D eigenvalue weighted by atomic mass is 127. The zero-order valence-corrected chi connectivity index (χ0v) is 17.1. The van der Waals surface area contributed by atoms with Crippen LogP contribution in [0.15, 0.2) is 16.8 Å². The van der Waals surface area contributed by atoms with Gasteiger partial charge in [-0.3, -0.25) is 0 Å². The molecule has 2 amide bonds. The van der Waals surface area contributed by atoms with Crippen LogP contribution in [-0.4, -0.2) is 33.5 Å². The molecule has 0 fully saturated rings. The van der Waals surface area contributed by atoms with Crippen molar-refractivity contribution in [2.75, 3.05) is 4.90 Å². The zero-order valence-electron chi connectivity index (χ0n) is 14.9. The normalized spacial score (nSPS) is 12.1. The summed E-state index contributed by atoms with van der Waals surface area (Å²) in [6.07, 6.45) is -0.303. The Balaban J connectivity index is 2.51. The van der Waals surface area contributed by atoms with Gasteiger partial charge in [0.15, 0.2) is 5.52 Å². The number of rotatable bonds is 1. The number of carbonyl (C=O) groups excluding carboxylic acids is 2. The topological polar surface area (TPSA) is 94.8 Å². The molecule has 25 heavy (non-hydrogen) atoms. The van der Waals surface area contributed by atoms with Crippen molar-refractivity contribution >= 4 is 51.7 Å². The SMILES string of the molecule is CC(C)(C)OC(=O)N(C(=O)OC(C)(C)C)c1noc2c(I)ccnc12. The molecule has 0 atom stereocenters. The lowest BCUT2D eigenvalue weighted by Crippen LogP contribution is -2.44. The van der Waals surface area contributed by atoms with Gasteiger partial charge in [-0.1, -0.05) is 5.16 Å². The van der Waals surface area contributed by atoms with Gasteiger partial charge in [-0.2, -0.15) is 4.90 Å². The number of imide groups is 1. The Morgan fingerprint density at radius 1 is 1.08 bits per heavy atom. The fraction of sp³-hybridized carbons (Fsp3) is 0.500. The number of nitrogens with zero attached hydrogens (tertiary/aromatic N) is 3. The van der Waals surface area contributed by atoms with Crippen LogP contribution in [0, 0.1) is 3.57 Å². The number of carbonyl (C=O) groups is 2. The molecule has 0 saturated heterocycles. The van der Waals surface area contributed by atoms with Crippen LogP contribution < -0.4 is 4.90 Å². The van der Waals surface area contributed by atoms with Crippen LogP contribution in [0.4, 0.5) is 15.4 Å². The minimum absolute atomic E-state index is 0.0722. The van der Waals surface area contributed by atoms with Gasteiger partial charge in [0.25, 0.3) is 0 Å². The Kier molecular flexibility index (Phi) is 5.26. The molecule has 0 unspecified atom stereocenters. The molecule has 9 heteroatoms. The van der Waals surface area contributed by atoms with Gasteiger partial charge < -0.3 is 14.0 Å². The Morgan fingerprint density at radius 2 is 1.60 bits per heavy atom. The molecule has 0 saturated carbocycles. The lowest BCUT2D eigenvalue weighted by Gasteiger charge is -2.27. The van der Waals surface area contributed by atoms with Gasteiger partial charge in [-0.25, -0.2) is 14.6 Å². The summed E-state index contributed by atoms with van der Waals surface area (Å²) in [6.45, 7) is 10.2. The summed E-state index contributed by atoms with van der Waals surface area (Å²) in [4.78, 5) is 30.1. The van der Waals surface area contributed by atoms with Gasteiger partial charge in [0.1, 0.15) is 11.2 Å². The molecule has 0 N–H and O–H groups in total. The average molecular weight is 461 g/mol. The van der Waals surface area contributed by atoms with E-state index < -0.39 is 23.4 Å². The van der Waals surface area contributed by atoms with Crippen molar-refractivity contribution < 1.29 is 23.6 Å². The highest BCUT2D eigenvalue weighted by Gasteiger charge is 2.36. The molecule has 0 radical (unpaired) electrons. The van der Waals surface area contributed by atoms with Crippen molar-refractivity contribution in [3.8, 4) is 0 Å². The molecular formula is C16H20IN3O5. The maximum Gasteiger partial charge on any atom is 0.425 e. The van der Waals surface area contributed by atoms with E-state index in [1.807, 2.05) is 22.6 Å². The second-order valence-electron chi connectivity index (χ2n) is 7.27. The van der Waals surface area contributed by atoms with E-state index >= 15 is 0 Å². The number of hydrogen-bond acceptors (Lipinski definition) is 7. The van der Waals surface area contributed by atoms with Gasteiger partial charge in [-0.05, 0) is 70.2 Å². The highest BCUT2D eigenvalue weighted by Crippen LogP contribution is 2.29. The second kappa shape index (κ2) is 6.77. The molecule has 136 valence electrons. The summed E-state index contributed by atoms with van der Waals surface area (Å²) in [5.41, 5.74) is -0.976. The number of fused-ring (bicyclic) bond motifs is 1. The van der Waals surface area contributed by atoms with Crippen molar-refractivity contribution in [2.24, 2.45) is 0 Å². The van der Waals surface area contributed by atoms with E-state index in [2.05, 4.69) is 10.1 Å². The Bertz CT molecular complexity index is 776. The molecular weight excluding hydrogens is 441 g/mol. The largest absolute Gasteiger partial charge is 0.443 e. The third-order valence-corrected chi connectivity index (χ3v) is 3.51. The monoisotopic (exact) mass is 461 g/mol. The van der Waals surface area contributed by atoms with Gasteiger partial charge in [0.05, 0.1) is 3.57 Å². The van der Waals surface area contributed by atoms with Crippen LogP contribution in [0.25, 0.3) is 11.1 Å². The van der Waals surface area contributed by atoms with Crippen molar-refractivity contribution in [1.29, 1.82) is 0 Å². The van der Waals surface area contributed by atoms with Crippen LogP contribution in [0.2, 0.25) is 0 Å². The van der Waals surface area contributed by atoms with E-state index in [0.29, 0.717) is 10.5 Å². The van der Waals surface area contributed by atoms with Gasteiger partial charge >= 0.3 is 12.2 Å². The van der Waals surface area contributed by atoms with Crippen LogP contribution in [0.3, 0.4) is 0 Å². The van der Waals surface area contributed by atoms with E-state index in [1.54, 1.807) is 47.6 Å². The maximum atomic E-state index is 12.6. The van der Waals surface area contributed by atoms with Gasteiger partial charge in [0.2, 0.25) is 11.4 Å². The number of pyridine rings is 1. The predicted octanol–water partition coefficient (Wildman–Crippen LogP) is 4.50. The van der Waals surface area contributed by atoms with Crippen LogP contribution >= 0.6 is 22.6 Å². The lowest BCUT2D eigenvalue weighted by atomic mass is 10.2. The van der Waals surface area contributed by atoms with Gasteiger partial charge in [-0.15, -0.1) is 0 Å². The summed E-state index contributed by atoms with van der Waals surface area (Å²) >= 11 is 2.05. The Morgan fingerprint density at radius 3 is 2.08 bits per heavy atom. The number of amides is 2. The minimum Gasteiger partial charge on any atom is -0.443 e. The summed E-state index contributed by atoms with van der Waals surface area (Å²) in [7, 11) is 0. The first-order chi connectivity index (χ1) is 11.4. The van der Waals surface area contributed by atoms with Crippen LogP contribution in [0.5, 0.6) is 0 Å².